The maximum absolute atomic E-state index is 12.3. The van der Waals surface area contributed by atoms with Gasteiger partial charge in [0, 0.05) is 4.47 Å². The van der Waals surface area contributed by atoms with E-state index in [1.807, 2.05) is 24.3 Å². The van der Waals surface area contributed by atoms with Crippen molar-refractivity contribution in [1.29, 1.82) is 0 Å². The van der Waals surface area contributed by atoms with E-state index >= 15 is 0 Å². The van der Waals surface area contributed by atoms with Gasteiger partial charge in [-0.25, -0.2) is 0 Å². The number of hydrogen-bond donors (Lipinski definition) is 0. The van der Waals surface area contributed by atoms with Crippen molar-refractivity contribution in [2.75, 3.05) is 13.7 Å². The number of rotatable bonds is 6. The molecule has 0 aliphatic carbocycles. The lowest BCUT2D eigenvalue weighted by atomic mass is 10.1. The first kappa shape index (κ1) is 20.1. The summed E-state index contributed by atoms with van der Waals surface area (Å²) in [6.45, 7) is 0.363. The standard InChI is InChI=1S/C21H16BrNO4S/c1-3-10-23-20(24)19(28-21(23)25)12-15-6-9-17(18(11-15)26-2)27-13-14-4-7-16(22)8-5-14/h1,4-9,11-12H,10,13H2,2H3/b19-12+. The van der Waals surface area contributed by atoms with Crippen LogP contribution >= 0.6 is 27.7 Å². The maximum Gasteiger partial charge on any atom is 0.294 e. The van der Waals surface area contributed by atoms with Gasteiger partial charge in [0.05, 0.1) is 18.6 Å². The van der Waals surface area contributed by atoms with E-state index in [2.05, 4.69) is 21.9 Å². The second-order valence-electron chi connectivity index (χ2n) is 5.80. The zero-order valence-corrected chi connectivity index (χ0v) is 17.4. The Morgan fingerprint density at radius 2 is 1.93 bits per heavy atom. The van der Waals surface area contributed by atoms with Gasteiger partial charge in [0.1, 0.15) is 6.61 Å². The van der Waals surface area contributed by atoms with Crippen LogP contribution in [0.25, 0.3) is 6.08 Å². The monoisotopic (exact) mass is 457 g/mol. The highest BCUT2D eigenvalue weighted by Gasteiger charge is 2.34. The number of terminal acetylenes is 1. The third-order valence-corrected chi connectivity index (χ3v) is 5.35. The molecular formula is C21H16BrNO4S. The smallest absolute Gasteiger partial charge is 0.294 e. The molecule has 7 heteroatoms. The molecule has 1 aliphatic rings. The molecule has 0 radical (unpaired) electrons. The van der Waals surface area contributed by atoms with Crippen molar-refractivity contribution in [3.8, 4) is 23.8 Å². The molecule has 1 aliphatic heterocycles. The fraction of sp³-hybridized carbons (Fsp3) is 0.143. The van der Waals surface area contributed by atoms with Gasteiger partial charge in [-0.05, 0) is 53.2 Å². The van der Waals surface area contributed by atoms with Gasteiger partial charge in [0.25, 0.3) is 11.1 Å². The van der Waals surface area contributed by atoms with Crippen LogP contribution in [0.5, 0.6) is 11.5 Å². The molecule has 1 heterocycles. The molecule has 0 saturated carbocycles. The number of thioether (sulfide) groups is 1. The van der Waals surface area contributed by atoms with Crippen LogP contribution in [0.3, 0.4) is 0 Å². The lowest BCUT2D eigenvalue weighted by Gasteiger charge is -2.12. The van der Waals surface area contributed by atoms with Crippen LogP contribution in [-0.4, -0.2) is 29.7 Å². The van der Waals surface area contributed by atoms with E-state index in [0.717, 1.165) is 32.3 Å². The zero-order chi connectivity index (χ0) is 20.1. The van der Waals surface area contributed by atoms with Crippen molar-refractivity contribution in [3.05, 3.63) is 63.0 Å². The summed E-state index contributed by atoms with van der Waals surface area (Å²) in [6.07, 6.45) is 6.85. The summed E-state index contributed by atoms with van der Waals surface area (Å²) >= 11 is 4.27. The average molecular weight is 458 g/mol. The topological polar surface area (TPSA) is 55.8 Å². The first-order valence-electron chi connectivity index (χ1n) is 8.26. The quantitative estimate of drug-likeness (QED) is 0.464. The number of hydrogen-bond acceptors (Lipinski definition) is 5. The number of halogens is 1. The molecule has 0 unspecified atom stereocenters. The van der Waals surface area contributed by atoms with E-state index in [0.29, 0.717) is 23.0 Å². The molecular weight excluding hydrogens is 442 g/mol. The Hall–Kier alpha value is -2.69. The molecule has 142 valence electrons. The summed E-state index contributed by atoms with van der Waals surface area (Å²) in [5.41, 5.74) is 1.75. The van der Waals surface area contributed by atoms with Crippen molar-refractivity contribution >= 4 is 44.9 Å². The van der Waals surface area contributed by atoms with Gasteiger partial charge < -0.3 is 9.47 Å². The number of carbonyl (C=O) groups is 2. The van der Waals surface area contributed by atoms with Crippen LogP contribution in [0.1, 0.15) is 11.1 Å². The lowest BCUT2D eigenvalue weighted by Crippen LogP contribution is -2.28. The molecule has 0 bridgehead atoms. The minimum atomic E-state index is -0.387. The van der Waals surface area contributed by atoms with Crippen molar-refractivity contribution in [3.63, 3.8) is 0 Å². The van der Waals surface area contributed by atoms with E-state index in [4.69, 9.17) is 15.9 Å². The van der Waals surface area contributed by atoms with Crippen LogP contribution in [0.4, 0.5) is 4.79 Å². The molecule has 2 aromatic carbocycles. The van der Waals surface area contributed by atoms with Gasteiger partial charge in [-0.3, -0.25) is 14.5 Å². The number of amides is 2. The fourth-order valence-electron chi connectivity index (χ4n) is 2.51. The van der Waals surface area contributed by atoms with Crippen LogP contribution in [0.15, 0.2) is 51.8 Å². The molecule has 0 aromatic heterocycles. The Balaban J connectivity index is 1.76. The second-order valence-corrected chi connectivity index (χ2v) is 7.71. The Morgan fingerprint density at radius 3 is 2.61 bits per heavy atom. The zero-order valence-electron chi connectivity index (χ0n) is 15.0. The van der Waals surface area contributed by atoms with Gasteiger partial charge in [-0.2, -0.15) is 0 Å². The molecule has 0 N–H and O–H groups in total. The molecule has 3 rings (SSSR count). The Labute approximate surface area is 175 Å². The molecule has 2 amide bonds. The molecule has 0 atom stereocenters. The normalized spacial score (nSPS) is 15.0. The predicted octanol–water partition coefficient (Wildman–Crippen LogP) is 4.71. The maximum atomic E-state index is 12.3. The first-order valence-corrected chi connectivity index (χ1v) is 9.87. The summed E-state index contributed by atoms with van der Waals surface area (Å²) in [6, 6.07) is 13.2. The van der Waals surface area contributed by atoms with E-state index in [-0.39, 0.29) is 17.7 Å². The first-order chi connectivity index (χ1) is 13.5. The number of benzene rings is 2. The molecule has 2 aromatic rings. The number of ether oxygens (including phenoxy) is 2. The van der Waals surface area contributed by atoms with Crippen molar-refractivity contribution in [1.82, 2.24) is 4.90 Å². The third kappa shape index (κ3) is 4.58. The van der Waals surface area contributed by atoms with Gasteiger partial charge >= 0.3 is 0 Å². The molecule has 5 nitrogen and oxygen atoms in total. The number of methoxy groups -OCH3 is 1. The number of carbonyl (C=O) groups excluding carboxylic acids is 2. The SMILES string of the molecule is C#CCN1C(=O)S/C(=C/c2ccc(OCc3ccc(Br)cc3)c(OC)c2)C1=O. The van der Waals surface area contributed by atoms with Gasteiger partial charge in [0.2, 0.25) is 0 Å². The fourth-order valence-corrected chi connectivity index (χ4v) is 3.62. The van der Waals surface area contributed by atoms with Crippen LogP contribution in [0, 0.1) is 12.3 Å². The van der Waals surface area contributed by atoms with Crippen molar-refractivity contribution < 1.29 is 19.1 Å². The molecule has 28 heavy (non-hydrogen) atoms. The lowest BCUT2D eigenvalue weighted by molar-refractivity contribution is -0.122. The largest absolute Gasteiger partial charge is 0.493 e. The van der Waals surface area contributed by atoms with Crippen LogP contribution in [0.2, 0.25) is 0 Å². The predicted molar refractivity (Wildman–Crippen MR) is 113 cm³/mol. The Morgan fingerprint density at radius 1 is 1.18 bits per heavy atom. The van der Waals surface area contributed by atoms with E-state index in [1.165, 1.54) is 0 Å². The minimum Gasteiger partial charge on any atom is -0.493 e. The highest BCUT2D eigenvalue weighted by molar-refractivity contribution is 9.10. The van der Waals surface area contributed by atoms with Crippen molar-refractivity contribution in [2.24, 2.45) is 0 Å². The summed E-state index contributed by atoms with van der Waals surface area (Å²) in [5.74, 6) is 3.05. The van der Waals surface area contributed by atoms with Crippen molar-refractivity contribution in [2.45, 2.75) is 6.61 Å². The summed E-state index contributed by atoms with van der Waals surface area (Å²) in [4.78, 5) is 25.5. The second kappa shape index (κ2) is 9.00. The Bertz CT molecular complexity index is 979. The van der Waals surface area contributed by atoms with Crippen LogP contribution in [-0.2, 0) is 11.4 Å². The van der Waals surface area contributed by atoms with Gasteiger partial charge in [-0.1, -0.05) is 40.0 Å². The van der Waals surface area contributed by atoms with E-state index in [1.54, 1.807) is 31.4 Å². The highest BCUT2D eigenvalue weighted by atomic mass is 79.9. The Kier molecular flexibility index (Phi) is 6.45. The van der Waals surface area contributed by atoms with E-state index < -0.39 is 0 Å². The van der Waals surface area contributed by atoms with Gasteiger partial charge in [-0.15, -0.1) is 6.42 Å². The van der Waals surface area contributed by atoms with E-state index in [9.17, 15) is 9.59 Å². The molecule has 0 spiro atoms. The number of imide groups is 1. The highest BCUT2D eigenvalue weighted by Crippen LogP contribution is 2.34. The third-order valence-electron chi connectivity index (χ3n) is 3.92. The summed E-state index contributed by atoms with van der Waals surface area (Å²) < 4.78 is 12.3. The molecule has 1 fully saturated rings. The minimum absolute atomic E-state index is 0.0336. The summed E-state index contributed by atoms with van der Waals surface area (Å²) in [7, 11) is 1.55. The van der Waals surface area contributed by atoms with Gasteiger partial charge in [0.15, 0.2) is 11.5 Å². The van der Waals surface area contributed by atoms with Crippen LogP contribution < -0.4 is 9.47 Å². The number of nitrogens with zero attached hydrogens (tertiary/aromatic N) is 1. The average Bonchev–Trinajstić information content (AvgIpc) is 2.96. The summed E-state index contributed by atoms with van der Waals surface area (Å²) in [5, 5.41) is -0.365. The molecule has 1 saturated heterocycles.